The first-order chi connectivity index (χ1) is 29.5. The molecule has 0 fully saturated rings. The van der Waals surface area contributed by atoms with Crippen LogP contribution in [0.5, 0.6) is 0 Å². The zero-order chi connectivity index (χ0) is 40.0. The first kappa shape index (κ1) is 35.0. The van der Waals surface area contributed by atoms with Gasteiger partial charge in [-0.15, -0.1) is 11.3 Å². The van der Waals surface area contributed by atoms with Crippen LogP contribution in [0.2, 0.25) is 0 Å². The summed E-state index contributed by atoms with van der Waals surface area (Å²) in [5.41, 5.74) is 18.5. The average molecular weight is 784 g/mol. The van der Waals surface area contributed by atoms with E-state index in [4.69, 9.17) is 0 Å². The summed E-state index contributed by atoms with van der Waals surface area (Å²) in [6.45, 7) is 4.80. The maximum absolute atomic E-state index is 2.51. The van der Waals surface area contributed by atoms with Crippen molar-refractivity contribution in [2.45, 2.75) is 24.7 Å². The lowest BCUT2D eigenvalue weighted by Crippen LogP contribution is -2.22. The van der Waals surface area contributed by atoms with Gasteiger partial charge in [-0.1, -0.05) is 170 Å². The van der Waals surface area contributed by atoms with E-state index in [1.54, 1.807) is 0 Å². The molecule has 0 N–H and O–H groups in total. The Morgan fingerprint density at radius 1 is 0.383 bits per heavy atom. The maximum atomic E-state index is 2.51. The van der Waals surface area contributed by atoms with E-state index in [0.29, 0.717) is 0 Å². The summed E-state index contributed by atoms with van der Waals surface area (Å²) in [4.78, 5) is 2.51. The minimum absolute atomic E-state index is 0.268. The van der Waals surface area contributed by atoms with E-state index < -0.39 is 0 Å². The van der Waals surface area contributed by atoms with Crippen LogP contribution in [0.4, 0.5) is 17.1 Å². The fourth-order valence-electron chi connectivity index (χ4n) is 10.7. The summed E-state index contributed by atoms with van der Waals surface area (Å²) in [6, 6.07) is 79.1. The molecule has 0 saturated heterocycles. The standard InChI is InChI=1S/C58H41NS/c1-57(39-17-5-3-6-18-39)48-25-12-9-21-44(48)47-37-42(35-36-50(47)57)59(41-33-31-38(32-34-41)43-24-15-30-54-55(43)46-23-11-14-29-53(46)60-54)52-28-16-27-51-56(52)45-22-10-13-26-49(45)58(51,2)40-19-7-4-8-20-40/h3-37H,1-2H3. The number of anilines is 3. The predicted octanol–water partition coefficient (Wildman–Crippen LogP) is 15.9. The molecule has 0 spiro atoms. The maximum Gasteiger partial charge on any atom is 0.0543 e. The van der Waals surface area contributed by atoms with Gasteiger partial charge in [-0.05, 0) is 118 Å². The third kappa shape index (κ3) is 4.92. The van der Waals surface area contributed by atoms with Gasteiger partial charge in [-0.25, -0.2) is 0 Å². The van der Waals surface area contributed by atoms with Crippen LogP contribution < -0.4 is 4.90 Å². The van der Waals surface area contributed by atoms with Crippen molar-refractivity contribution in [2.75, 3.05) is 4.90 Å². The molecule has 60 heavy (non-hydrogen) atoms. The lowest BCUT2D eigenvalue weighted by molar-refractivity contribution is 0.713. The van der Waals surface area contributed by atoms with Crippen LogP contribution in [0, 0.1) is 0 Å². The quantitative estimate of drug-likeness (QED) is 0.162. The van der Waals surface area contributed by atoms with Crippen LogP contribution in [0.25, 0.3) is 53.6 Å². The van der Waals surface area contributed by atoms with Gasteiger partial charge >= 0.3 is 0 Å². The highest BCUT2D eigenvalue weighted by molar-refractivity contribution is 7.25. The molecule has 2 aliphatic carbocycles. The van der Waals surface area contributed by atoms with Crippen LogP contribution in [0.3, 0.4) is 0 Å². The van der Waals surface area contributed by atoms with Gasteiger partial charge in [0.1, 0.15) is 0 Å². The zero-order valence-electron chi connectivity index (χ0n) is 33.6. The number of thiophene rings is 1. The van der Waals surface area contributed by atoms with Crippen LogP contribution >= 0.6 is 11.3 Å². The minimum atomic E-state index is -0.310. The van der Waals surface area contributed by atoms with Gasteiger partial charge in [-0.3, -0.25) is 0 Å². The Morgan fingerprint density at radius 2 is 0.917 bits per heavy atom. The molecule has 0 amide bonds. The Bertz CT molecular complexity index is 3290. The fourth-order valence-corrected chi connectivity index (χ4v) is 11.9. The monoisotopic (exact) mass is 783 g/mol. The van der Waals surface area contributed by atoms with Gasteiger partial charge in [0, 0.05) is 47.9 Å². The van der Waals surface area contributed by atoms with E-state index in [-0.39, 0.29) is 10.8 Å². The number of hydrogen-bond acceptors (Lipinski definition) is 2. The van der Waals surface area contributed by atoms with E-state index in [2.05, 4.69) is 231 Å². The Labute approximate surface area is 355 Å². The van der Waals surface area contributed by atoms with Crippen LogP contribution in [-0.2, 0) is 10.8 Å². The third-order valence-electron chi connectivity index (χ3n) is 13.7. The van der Waals surface area contributed by atoms with Crippen LogP contribution in [-0.4, -0.2) is 0 Å². The molecule has 1 aromatic heterocycles. The van der Waals surface area contributed by atoms with Crippen molar-refractivity contribution in [3.05, 3.63) is 246 Å². The first-order valence-electron chi connectivity index (χ1n) is 20.9. The van der Waals surface area contributed by atoms with E-state index in [0.717, 1.165) is 11.4 Å². The SMILES string of the molecule is CC1(c2ccccc2)c2ccccc2-c2cc(N(c3ccc(-c4cccc5sc6ccccc6c45)cc3)c3cccc4c3-c3ccccc3C4(C)c3ccccc3)ccc21. The Morgan fingerprint density at radius 3 is 1.67 bits per heavy atom. The molecule has 1 heterocycles. The van der Waals surface area contributed by atoms with Crippen molar-refractivity contribution in [1.82, 2.24) is 0 Å². The number of rotatable bonds is 6. The van der Waals surface area contributed by atoms with Crippen LogP contribution in [0.15, 0.2) is 212 Å². The third-order valence-corrected chi connectivity index (χ3v) is 14.8. The van der Waals surface area contributed by atoms with Gasteiger partial charge in [0.05, 0.1) is 5.69 Å². The Hall–Kier alpha value is -7.00. The summed E-state index contributed by atoms with van der Waals surface area (Å²) in [7, 11) is 0. The molecule has 1 nitrogen and oxygen atoms in total. The molecule has 284 valence electrons. The average Bonchev–Trinajstić information content (AvgIpc) is 3.92. The summed E-state index contributed by atoms with van der Waals surface area (Å²) in [5, 5.41) is 2.65. The Kier molecular flexibility index (Phi) is 7.73. The number of nitrogens with zero attached hydrogens (tertiary/aromatic N) is 1. The molecule has 2 heteroatoms. The lowest BCUT2D eigenvalue weighted by atomic mass is 9.74. The number of benzene rings is 9. The van der Waals surface area contributed by atoms with Gasteiger partial charge in [0.25, 0.3) is 0 Å². The molecular weight excluding hydrogens is 743 g/mol. The molecule has 2 atom stereocenters. The lowest BCUT2D eigenvalue weighted by Gasteiger charge is -2.31. The van der Waals surface area contributed by atoms with Crippen molar-refractivity contribution in [1.29, 1.82) is 0 Å². The van der Waals surface area contributed by atoms with E-state index in [1.807, 2.05) is 11.3 Å². The number of fused-ring (bicyclic) bond motifs is 9. The molecule has 10 aromatic rings. The van der Waals surface area contributed by atoms with E-state index in [9.17, 15) is 0 Å². The molecule has 12 rings (SSSR count). The molecular formula is C58H41NS. The highest BCUT2D eigenvalue weighted by Gasteiger charge is 2.43. The second-order valence-electron chi connectivity index (χ2n) is 16.7. The van der Waals surface area contributed by atoms with E-state index >= 15 is 0 Å². The largest absolute Gasteiger partial charge is 0.310 e. The van der Waals surface area contributed by atoms with Crippen molar-refractivity contribution >= 4 is 48.6 Å². The van der Waals surface area contributed by atoms with Gasteiger partial charge < -0.3 is 4.90 Å². The van der Waals surface area contributed by atoms with Crippen molar-refractivity contribution in [2.24, 2.45) is 0 Å². The molecule has 9 aromatic carbocycles. The highest BCUT2D eigenvalue weighted by atomic mass is 32.1. The van der Waals surface area contributed by atoms with Gasteiger partial charge in [0.15, 0.2) is 0 Å². The second kappa shape index (κ2) is 13.3. The van der Waals surface area contributed by atoms with Crippen molar-refractivity contribution < 1.29 is 0 Å². The summed E-state index contributed by atoms with van der Waals surface area (Å²) in [6.07, 6.45) is 0. The second-order valence-corrected chi connectivity index (χ2v) is 17.7. The normalized spacial score (nSPS) is 17.3. The van der Waals surface area contributed by atoms with Crippen molar-refractivity contribution in [3.63, 3.8) is 0 Å². The molecule has 0 bridgehead atoms. The smallest absolute Gasteiger partial charge is 0.0543 e. The van der Waals surface area contributed by atoms with E-state index in [1.165, 1.54) is 92.6 Å². The number of hydrogen-bond donors (Lipinski definition) is 0. The molecule has 2 unspecified atom stereocenters. The highest BCUT2D eigenvalue weighted by Crippen LogP contribution is 2.58. The molecule has 0 saturated carbocycles. The first-order valence-corrected chi connectivity index (χ1v) is 21.7. The van der Waals surface area contributed by atoms with Gasteiger partial charge in [-0.2, -0.15) is 0 Å². The summed E-state index contributed by atoms with van der Waals surface area (Å²) in [5.74, 6) is 0. The summed E-state index contributed by atoms with van der Waals surface area (Å²) >= 11 is 1.87. The summed E-state index contributed by atoms with van der Waals surface area (Å²) < 4.78 is 2.64. The predicted molar refractivity (Wildman–Crippen MR) is 254 cm³/mol. The van der Waals surface area contributed by atoms with Crippen LogP contribution in [0.1, 0.15) is 47.2 Å². The molecule has 0 radical (unpaired) electrons. The minimum Gasteiger partial charge on any atom is -0.310 e. The Balaban J connectivity index is 1.09. The molecule has 2 aliphatic rings. The van der Waals surface area contributed by atoms with Gasteiger partial charge in [0.2, 0.25) is 0 Å². The molecule has 0 aliphatic heterocycles. The fraction of sp³-hybridized carbons (Fsp3) is 0.0690. The topological polar surface area (TPSA) is 3.24 Å². The van der Waals surface area contributed by atoms with Crippen molar-refractivity contribution in [3.8, 4) is 33.4 Å². The zero-order valence-corrected chi connectivity index (χ0v) is 34.4.